The molecule has 2 atom stereocenters. The van der Waals surface area contributed by atoms with Crippen molar-refractivity contribution in [1.29, 1.82) is 0 Å². The zero-order valence-electron chi connectivity index (χ0n) is 12.4. The van der Waals surface area contributed by atoms with E-state index in [-0.39, 0.29) is 12.1 Å². The predicted molar refractivity (Wildman–Crippen MR) is 80.9 cm³/mol. The molecular weight excluding hydrogens is 264 g/mol. The van der Waals surface area contributed by atoms with Crippen molar-refractivity contribution in [1.82, 2.24) is 20.5 Å². The number of hydrogen-bond acceptors (Lipinski definition) is 4. The second-order valence-electron chi connectivity index (χ2n) is 5.42. The molecule has 2 aromatic rings. The second-order valence-corrected chi connectivity index (χ2v) is 5.42. The number of benzene rings is 1. The maximum Gasteiger partial charge on any atom is 0.141 e. The lowest BCUT2D eigenvalue weighted by Gasteiger charge is -2.29. The third kappa shape index (κ3) is 3.31. The molecule has 21 heavy (non-hydrogen) atoms. The Morgan fingerprint density at radius 3 is 3.14 bits per heavy atom. The SMILES string of the molecule is CCCNC(CC1OCCc2ccccc21)c1ncn[nH]1. The Balaban J connectivity index is 1.77. The minimum atomic E-state index is 0.120. The van der Waals surface area contributed by atoms with Gasteiger partial charge in [0, 0.05) is 6.42 Å². The summed E-state index contributed by atoms with van der Waals surface area (Å²) in [6, 6.07) is 8.71. The van der Waals surface area contributed by atoms with Crippen LogP contribution in [0.15, 0.2) is 30.6 Å². The van der Waals surface area contributed by atoms with Gasteiger partial charge >= 0.3 is 0 Å². The fourth-order valence-electron chi connectivity index (χ4n) is 2.88. The molecule has 1 aromatic carbocycles. The van der Waals surface area contributed by atoms with E-state index in [9.17, 15) is 0 Å². The summed E-state index contributed by atoms with van der Waals surface area (Å²) in [6.07, 6.45) is 4.64. The van der Waals surface area contributed by atoms with E-state index in [2.05, 4.69) is 51.7 Å². The van der Waals surface area contributed by atoms with Crippen molar-refractivity contribution in [2.24, 2.45) is 0 Å². The van der Waals surface area contributed by atoms with E-state index in [1.165, 1.54) is 11.1 Å². The molecule has 2 N–H and O–H groups in total. The summed E-state index contributed by atoms with van der Waals surface area (Å²) in [5.74, 6) is 0.884. The number of hydrogen-bond donors (Lipinski definition) is 2. The molecule has 1 aromatic heterocycles. The summed E-state index contributed by atoms with van der Waals surface area (Å²) >= 11 is 0. The first-order chi connectivity index (χ1) is 10.4. The topological polar surface area (TPSA) is 62.8 Å². The van der Waals surface area contributed by atoms with E-state index >= 15 is 0 Å². The first-order valence-electron chi connectivity index (χ1n) is 7.66. The molecule has 1 aliphatic heterocycles. The molecule has 5 heteroatoms. The Labute approximate surface area is 125 Å². The van der Waals surface area contributed by atoms with E-state index in [0.717, 1.165) is 38.2 Å². The summed E-state index contributed by atoms with van der Waals surface area (Å²) in [7, 11) is 0. The highest BCUT2D eigenvalue weighted by Gasteiger charge is 2.25. The van der Waals surface area contributed by atoms with Gasteiger partial charge in [0.25, 0.3) is 0 Å². The van der Waals surface area contributed by atoms with Gasteiger partial charge in [0.05, 0.1) is 18.8 Å². The molecule has 0 saturated heterocycles. The van der Waals surface area contributed by atoms with Crippen molar-refractivity contribution in [3.8, 4) is 0 Å². The number of aromatic amines is 1. The summed E-state index contributed by atoms with van der Waals surface area (Å²) in [6.45, 7) is 3.91. The number of fused-ring (bicyclic) bond motifs is 1. The summed E-state index contributed by atoms with van der Waals surface area (Å²) in [4.78, 5) is 4.31. The van der Waals surface area contributed by atoms with Gasteiger partial charge in [-0.2, -0.15) is 5.10 Å². The van der Waals surface area contributed by atoms with E-state index in [4.69, 9.17) is 4.74 Å². The lowest BCUT2D eigenvalue weighted by atomic mass is 9.93. The Morgan fingerprint density at radius 2 is 2.33 bits per heavy atom. The van der Waals surface area contributed by atoms with E-state index in [1.54, 1.807) is 6.33 Å². The third-order valence-electron chi connectivity index (χ3n) is 3.95. The van der Waals surface area contributed by atoms with Crippen LogP contribution in [0.4, 0.5) is 0 Å². The zero-order valence-corrected chi connectivity index (χ0v) is 12.4. The van der Waals surface area contributed by atoms with Gasteiger partial charge in [-0.3, -0.25) is 5.10 Å². The molecule has 2 heterocycles. The van der Waals surface area contributed by atoms with Gasteiger partial charge in [0.2, 0.25) is 0 Å². The van der Waals surface area contributed by atoms with Crippen LogP contribution in [0, 0.1) is 0 Å². The Morgan fingerprint density at radius 1 is 1.43 bits per heavy atom. The number of nitrogens with zero attached hydrogens (tertiary/aromatic N) is 2. The molecule has 0 spiro atoms. The van der Waals surface area contributed by atoms with Gasteiger partial charge < -0.3 is 10.1 Å². The van der Waals surface area contributed by atoms with Crippen LogP contribution in [0.3, 0.4) is 0 Å². The third-order valence-corrected chi connectivity index (χ3v) is 3.95. The van der Waals surface area contributed by atoms with E-state index in [0.29, 0.717) is 0 Å². The van der Waals surface area contributed by atoms with Crippen LogP contribution in [0.5, 0.6) is 0 Å². The fourth-order valence-corrected chi connectivity index (χ4v) is 2.88. The normalized spacial score (nSPS) is 19.2. The second kappa shape index (κ2) is 6.83. The van der Waals surface area contributed by atoms with E-state index in [1.807, 2.05) is 0 Å². The largest absolute Gasteiger partial charge is 0.373 e. The maximum absolute atomic E-state index is 6.01. The first-order valence-corrected chi connectivity index (χ1v) is 7.66. The predicted octanol–water partition coefficient (Wildman–Crippen LogP) is 2.55. The van der Waals surface area contributed by atoms with Crippen LogP contribution in [0.25, 0.3) is 0 Å². The van der Waals surface area contributed by atoms with Crippen molar-refractivity contribution >= 4 is 0 Å². The summed E-state index contributed by atoms with van der Waals surface area (Å²) < 4.78 is 6.01. The Hall–Kier alpha value is -1.72. The smallest absolute Gasteiger partial charge is 0.141 e. The molecular formula is C16H22N4O. The quantitative estimate of drug-likeness (QED) is 0.856. The number of H-pyrrole nitrogens is 1. The molecule has 0 saturated carbocycles. The van der Waals surface area contributed by atoms with Gasteiger partial charge in [-0.1, -0.05) is 31.2 Å². The Kier molecular flexibility index (Phi) is 4.62. The van der Waals surface area contributed by atoms with Gasteiger partial charge in [-0.05, 0) is 30.5 Å². The standard InChI is InChI=1S/C16H22N4O/c1-2-8-17-14(16-18-11-19-20-16)10-15-13-6-4-3-5-12(13)7-9-21-15/h3-6,11,14-15,17H,2,7-10H2,1H3,(H,18,19,20). The fraction of sp³-hybridized carbons (Fsp3) is 0.500. The monoisotopic (exact) mass is 286 g/mol. The maximum atomic E-state index is 6.01. The summed E-state index contributed by atoms with van der Waals surface area (Å²) in [5.41, 5.74) is 2.71. The molecule has 0 aliphatic carbocycles. The molecule has 112 valence electrons. The molecule has 0 radical (unpaired) electrons. The Bertz CT molecular complexity index is 555. The lowest BCUT2D eigenvalue weighted by Crippen LogP contribution is -2.27. The highest BCUT2D eigenvalue weighted by atomic mass is 16.5. The molecule has 0 amide bonds. The molecule has 5 nitrogen and oxygen atoms in total. The van der Waals surface area contributed by atoms with Crippen LogP contribution >= 0.6 is 0 Å². The number of rotatable bonds is 6. The minimum Gasteiger partial charge on any atom is -0.373 e. The zero-order chi connectivity index (χ0) is 14.5. The highest BCUT2D eigenvalue weighted by molar-refractivity contribution is 5.31. The average Bonchev–Trinajstić information content (AvgIpc) is 3.06. The minimum absolute atomic E-state index is 0.120. The lowest BCUT2D eigenvalue weighted by molar-refractivity contribution is 0.0287. The van der Waals surface area contributed by atoms with Crippen LogP contribution in [-0.2, 0) is 11.2 Å². The molecule has 1 aliphatic rings. The molecule has 0 fully saturated rings. The van der Waals surface area contributed by atoms with Gasteiger partial charge in [-0.25, -0.2) is 4.98 Å². The van der Waals surface area contributed by atoms with Crippen LogP contribution < -0.4 is 5.32 Å². The molecule has 0 bridgehead atoms. The van der Waals surface area contributed by atoms with Gasteiger partial charge in [0.1, 0.15) is 12.2 Å². The summed E-state index contributed by atoms with van der Waals surface area (Å²) in [5, 5.41) is 10.5. The van der Waals surface area contributed by atoms with Crippen LogP contribution in [-0.4, -0.2) is 28.3 Å². The number of ether oxygens (including phenoxy) is 1. The van der Waals surface area contributed by atoms with Crippen molar-refractivity contribution < 1.29 is 4.74 Å². The van der Waals surface area contributed by atoms with Crippen molar-refractivity contribution in [3.63, 3.8) is 0 Å². The first kappa shape index (κ1) is 14.2. The van der Waals surface area contributed by atoms with Gasteiger partial charge in [0.15, 0.2) is 0 Å². The number of aromatic nitrogens is 3. The van der Waals surface area contributed by atoms with Crippen molar-refractivity contribution in [2.45, 2.75) is 38.3 Å². The molecule has 2 unspecified atom stereocenters. The average molecular weight is 286 g/mol. The van der Waals surface area contributed by atoms with Crippen molar-refractivity contribution in [3.05, 3.63) is 47.5 Å². The van der Waals surface area contributed by atoms with Crippen LogP contribution in [0.1, 0.15) is 48.9 Å². The van der Waals surface area contributed by atoms with Crippen LogP contribution in [0.2, 0.25) is 0 Å². The van der Waals surface area contributed by atoms with E-state index < -0.39 is 0 Å². The van der Waals surface area contributed by atoms with Gasteiger partial charge in [-0.15, -0.1) is 0 Å². The molecule has 3 rings (SSSR count). The number of nitrogens with one attached hydrogen (secondary N) is 2. The highest BCUT2D eigenvalue weighted by Crippen LogP contribution is 2.33. The van der Waals surface area contributed by atoms with Crippen molar-refractivity contribution in [2.75, 3.05) is 13.2 Å².